The van der Waals surface area contributed by atoms with Crippen molar-refractivity contribution in [3.63, 3.8) is 0 Å². The normalized spacial score (nSPS) is 17.2. The summed E-state index contributed by atoms with van der Waals surface area (Å²) in [6.45, 7) is 18.2. The van der Waals surface area contributed by atoms with E-state index in [1.165, 1.54) is 41.1 Å². The molecule has 3 amide bonds. The van der Waals surface area contributed by atoms with E-state index in [-0.39, 0.29) is 53.2 Å². The number of carbonyl (C=O) groups is 3. The largest absolute Gasteiger partial charge is 0.381 e. The molecule has 3 aromatic carbocycles. The number of fused-ring (bicyclic) bond motifs is 6. The Morgan fingerprint density at radius 1 is 0.612 bits per heavy atom. The van der Waals surface area contributed by atoms with Crippen molar-refractivity contribution in [2.24, 2.45) is 5.73 Å². The number of anilines is 7. The van der Waals surface area contributed by atoms with Gasteiger partial charge in [-0.15, -0.1) is 0 Å². The molecular formula is C85H89F5N20O6. The quantitative estimate of drug-likeness (QED) is 0.0370. The molecule has 600 valence electrons. The van der Waals surface area contributed by atoms with E-state index in [0.717, 1.165) is 109 Å². The second kappa shape index (κ2) is 32.1. The smallest absolute Gasteiger partial charge is 0.266 e. The highest BCUT2D eigenvalue weighted by Gasteiger charge is 2.38. The molecule has 6 aliphatic rings. The van der Waals surface area contributed by atoms with Gasteiger partial charge >= 0.3 is 0 Å². The van der Waals surface area contributed by atoms with Crippen LogP contribution in [0.15, 0.2) is 159 Å². The third-order valence-corrected chi connectivity index (χ3v) is 22.3. The highest BCUT2D eigenvalue weighted by Crippen LogP contribution is 2.42. The Morgan fingerprint density at radius 2 is 1.13 bits per heavy atom. The number of rotatable bonds is 19. The highest BCUT2D eigenvalue weighted by atomic mass is 19.3. The zero-order valence-electron chi connectivity index (χ0n) is 65.2. The standard InChI is InChI=1S/C29H30F3N7O.C29H31FN6O3.C27H28FN7O2/c1-29(2)16-37(3)10-11-38(29)15-17-4-7-23(33-12-17)36-21-6-5-18(20-13-35-28(40)24(20)21)22-14-34-27-25(30)19(26(31)32)8-9-39(22)27;1-35(2)11-14-39-29(8-12-38-13-9-29)19-3-6-25(31-16-19)34-23-5-4-21(22-17-33-28(37)27(22)23)24-18-32-26-15-20(30)7-10-36(24)26;1-27(2,29)22-15-34(9-10-37-22)17-3-6-23(30-12-17)33-20-5-4-18(19-13-32-26(36)25(19)20)21-14-31-24-11-16(28)7-8-35(21)24/h4-9,12,14,26H,10-11,13,15-16H2,1-3H3,(H,33,36)(H,35,40);3-7,10,15-16,18H,8-9,11-14,17H2,1-2H3,(H,31,34)(H,33,37);3-8,11-12,14,22H,9-10,13,15,29H2,1-2H3,(H,30,33)(H,32,36)/t;;22-/m..1/s1. The molecule has 31 heteroatoms. The SMILES string of the molecule is CC(C)(N)[C@H]1CN(c2ccc(Nc3ccc(-c4cnc5cc(F)ccn45)c4c3C(=O)NC4)nc2)CCO1.CN(C)CCOC1(c2ccc(Nc3ccc(-c4cnc5cc(F)ccn45)c4c3C(=O)NC4)nc2)CCOCC1.CN1CCN(Cc2ccc(Nc3ccc(-c4cnc5c(F)c(C(F)F)ccn45)c4c3C(=O)NC4)nc2)C(C)(C)C1. The van der Waals surface area contributed by atoms with Gasteiger partial charge < -0.3 is 66.5 Å². The lowest BCUT2D eigenvalue weighted by Gasteiger charge is -2.46. The maximum absolute atomic E-state index is 14.7. The number of piperazine rings is 1. The predicted octanol–water partition coefficient (Wildman–Crippen LogP) is 12.6. The number of carbonyl (C=O) groups excluding carboxylic acids is 3. The topological polar surface area (TPSA) is 281 Å². The van der Waals surface area contributed by atoms with Crippen LogP contribution in [0.4, 0.5) is 62.2 Å². The van der Waals surface area contributed by atoms with Gasteiger partial charge in [0.1, 0.15) is 40.4 Å². The summed E-state index contributed by atoms with van der Waals surface area (Å²) < 4.78 is 91.3. The predicted molar refractivity (Wildman–Crippen MR) is 431 cm³/mol. The van der Waals surface area contributed by atoms with Crippen molar-refractivity contribution in [1.82, 2.24) is 73.8 Å². The molecule has 0 saturated carbocycles. The number of aromatic nitrogens is 9. The van der Waals surface area contributed by atoms with Gasteiger partial charge in [-0.05, 0) is 132 Å². The lowest BCUT2D eigenvalue weighted by molar-refractivity contribution is -0.118. The number of benzene rings is 3. The van der Waals surface area contributed by atoms with Crippen LogP contribution in [-0.2, 0) is 46.0 Å². The lowest BCUT2D eigenvalue weighted by Crippen LogP contribution is -2.57. The van der Waals surface area contributed by atoms with E-state index in [9.17, 15) is 36.3 Å². The third kappa shape index (κ3) is 15.8. The van der Waals surface area contributed by atoms with Crippen LogP contribution in [0.5, 0.6) is 0 Å². The molecule has 3 saturated heterocycles. The average molecular weight is 1580 g/mol. The fourth-order valence-electron chi connectivity index (χ4n) is 16.1. The van der Waals surface area contributed by atoms with Crippen molar-refractivity contribution in [2.45, 2.75) is 95.9 Å². The Bertz CT molecular complexity index is 5710. The molecule has 15 heterocycles. The second-order valence-electron chi connectivity index (χ2n) is 31.4. The van der Waals surface area contributed by atoms with E-state index in [1.807, 2.05) is 122 Å². The van der Waals surface area contributed by atoms with E-state index in [2.05, 4.69) is 102 Å². The van der Waals surface area contributed by atoms with E-state index in [4.69, 9.17) is 19.9 Å². The Balaban J connectivity index is 0.000000131. The van der Waals surface area contributed by atoms with Gasteiger partial charge in [-0.2, -0.15) is 0 Å². The van der Waals surface area contributed by atoms with Gasteiger partial charge in [-0.25, -0.2) is 51.9 Å². The number of nitrogens with one attached hydrogen (secondary N) is 6. The molecule has 18 rings (SSSR count). The van der Waals surface area contributed by atoms with Gasteiger partial charge in [-0.1, -0.05) is 30.3 Å². The number of pyridine rings is 6. The summed E-state index contributed by atoms with van der Waals surface area (Å²) in [6.07, 6.45) is 13.6. The average Bonchev–Trinajstić information content (AvgIpc) is 1.60. The molecule has 1 atom stereocenters. The number of imidazole rings is 3. The van der Waals surface area contributed by atoms with E-state index >= 15 is 0 Å². The van der Waals surface area contributed by atoms with Crippen molar-refractivity contribution >= 4 is 74.9 Å². The molecule has 0 radical (unpaired) electrons. The van der Waals surface area contributed by atoms with Crippen molar-refractivity contribution in [1.29, 1.82) is 0 Å². The molecule has 0 aliphatic carbocycles. The highest BCUT2D eigenvalue weighted by molar-refractivity contribution is 6.08. The van der Waals surface area contributed by atoms with Crippen molar-refractivity contribution < 1.29 is 50.5 Å². The fraction of sp³-hybridized carbons (Fsp3) is 0.329. The number of hydrogen-bond donors (Lipinski definition) is 7. The summed E-state index contributed by atoms with van der Waals surface area (Å²) in [5, 5.41) is 18.6. The maximum atomic E-state index is 14.7. The molecule has 116 heavy (non-hydrogen) atoms. The van der Waals surface area contributed by atoms with Crippen LogP contribution >= 0.6 is 0 Å². The second-order valence-corrected chi connectivity index (χ2v) is 31.4. The minimum absolute atomic E-state index is 0.0643. The molecule has 9 aromatic heterocycles. The summed E-state index contributed by atoms with van der Waals surface area (Å²) in [4.78, 5) is 74.3. The van der Waals surface area contributed by atoms with Crippen LogP contribution in [0.25, 0.3) is 50.7 Å². The monoisotopic (exact) mass is 1580 g/mol. The van der Waals surface area contributed by atoms with Crippen molar-refractivity contribution in [3.05, 3.63) is 226 Å². The molecule has 12 aromatic rings. The number of alkyl halides is 2. The molecule has 0 bridgehead atoms. The van der Waals surface area contributed by atoms with Gasteiger partial charge in [0.25, 0.3) is 24.1 Å². The van der Waals surface area contributed by atoms with E-state index < -0.39 is 28.9 Å². The first-order valence-electron chi connectivity index (χ1n) is 38.5. The van der Waals surface area contributed by atoms with Crippen LogP contribution in [0.3, 0.4) is 0 Å². The number of halogens is 5. The van der Waals surface area contributed by atoms with Gasteiger partial charge in [-0.3, -0.25) is 32.5 Å². The van der Waals surface area contributed by atoms with E-state index in [1.54, 1.807) is 30.9 Å². The number of nitrogens with two attached hydrogens (primary N) is 1. The van der Waals surface area contributed by atoms with Crippen LogP contribution in [0.1, 0.15) is 111 Å². The summed E-state index contributed by atoms with van der Waals surface area (Å²) in [6, 6.07) is 29.7. The lowest BCUT2D eigenvalue weighted by atomic mass is 9.87. The number of morpholine rings is 1. The minimum atomic E-state index is -2.94. The van der Waals surface area contributed by atoms with Gasteiger partial charge in [0.2, 0.25) is 0 Å². The summed E-state index contributed by atoms with van der Waals surface area (Å²) in [7, 11) is 6.21. The molecule has 6 aliphatic heterocycles. The number of ether oxygens (including phenoxy) is 3. The molecular weight excluding hydrogens is 1490 g/mol. The number of amides is 3. The molecule has 0 unspecified atom stereocenters. The fourth-order valence-corrected chi connectivity index (χ4v) is 16.1. The molecule has 0 spiro atoms. The van der Waals surface area contributed by atoms with Crippen LogP contribution < -0.4 is 42.5 Å². The first-order chi connectivity index (χ1) is 55.8. The maximum Gasteiger partial charge on any atom is 0.266 e. The zero-order valence-corrected chi connectivity index (χ0v) is 65.2. The van der Waals surface area contributed by atoms with E-state index in [0.29, 0.717) is 125 Å². The number of likely N-dealkylation sites (N-methyl/N-ethyl adjacent to an activating group) is 2. The zero-order chi connectivity index (χ0) is 80.9. The summed E-state index contributed by atoms with van der Waals surface area (Å²) >= 11 is 0. The number of hydrogen-bond acceptors (Lipinski definition) is 20. The molecule has 26 nitrogen and oxygen atoms in total. The molecule has 8 N–H and O–H groups in total. The third-order valence-electron chi connectivity index (χ3n) is 22.3. The summed E-state index contributed by atoms with van der Waals surface area (Å²) in [5.41, 5.74) is 19.2. The number of nitrogens with zero attached hydrogens (tertiary/aromatic N) is 13. The summed E-state index contributed by atoms with van der Waals surface area (Å²) in [5.74, 6) is -0.425. The van der Waals surface area contributed by atoms with Crippen molar-refractivity contribution in [2.75, 3.05) is 108 Å². The first-order valence-corrected chi connectivity index (χ1v) is 38.5. The van der Waals surface area contributed by atoms with Gasteiger partial charge in [0.05, 0.1) is 112 Å². The Labute approximate surface area is 665 Å². The molecule has 3 fully saturated rings. The Morgan fingerprint density at radius 3 is 1.62 bits per heavy atom. The van der Waals surface area contributed by atoms with Crippen LogP contribution in [0.2, 0.25) is 0 Å². The minimum Gasteiger partial charge on any atom is -0.381 e. The van der Waals surface area contributed by atoms with Crippen molar-refractivity contribution in [3.8, 4) is 33.8 Å². The van der Waals surface area contributed by atoms with Gasteiger partial charge in [0, 0.05) is 168 Å². The van der Waals surface area contributed by atoms with Crippen LogP contribution in [-0.4, -0.2) is 180 Å². The first kappa shape index (κ1) is 78.1. The van der Waals surface area contributed by atoms with Gasteiger partial charge in [0.15, 0.2) is 11.5 Å². The Kier molecular flexibility index (Phi) is 21.6. The van der Waals surface area contributed by atoms with Crippen LogP contribution in [0, 0.1) is 17.5 Å². The Hall–Kier alpha value is -11.8.